The van der Waals surface area contributed by atoms with Gasteiger partial charge < -0.3 is 10.1 Å². The summed E-state index contributed by atoms with van der Waals surface area (Å²) in [6.45, 7) is 6.01. The fourth-order valence-electron chi connectivity index (χ4n) is 2.35. The third-order valence-corrected chi connectivity index (χ3v) is 5.65. The van der Waals surface area contributed by atoms with Gasteiger partial charge in [-0.3, -0.25) is 4.79 Å². The Morgan fingerprint density at radius 3 is 2.48 bits per heavy atom. The Labute approximate surface area is 161 Å². The van der Waals surface area contributed by atoms with Crippen molar-refractivity contribution in [3.05, 3.63) is 59.7 Å². The van der Waals surface area contributed by atoms with Gasteiger partial charge in [-0.05, 0) is 50.1 Å². The van der Waals surface area contributed by atoms with Crippen molar-refractivity contribution in [2.45, 2.75) is 44.7 Å². The van der Waals surface area contributed by atoms with Crippen LogP contribution in [-0.2, 0) is 21.4 Å². The van der Waals surface area contributed by atoms with Crippen LogP contribution in [0.2, 0.25) is 0 Å². The molecule has 0 bridgehead atoms. The van der Waals surface area contributed by atoms with Gasteiger partial charge in [0.2, 0.25) is 10.0 Å². The largest absolute Gasteiger partial charge is 0.484 e. The minimum atomic E-state index is -3.55. The van der Waals surface area contributed by atoms with Crippen LogP contribution in [0.4, 0.5) is 0 Å². The molecule has 0 unspecified atom stereocenters. The Bertz CT molecular complexity index is 864. The van der Waals surface area contributed by atoms with Gasteiger partial charge >= 0.3 is 0 Å². The second-order valence-electron chi connectivity index (χ2n) is 6.46. The monoisotopic (exact) mass is 390 g/mol. The molecule has 0 aliphatic heterocycles. The van der Waals surface area contributed by atoms with Crippen LogP contribution in [0.1, 0.15) is 31.4 Å². The summed E-state index contributed by atoms with van der Waals surface area (Å²) >= 11 is 0. The number of aryl methyl sites for hydroxylation is 1. The topological polar surface area (TPSA) is 84.5 Å². The first kappa shape index (κ1) is 20.9. The van der Waals surface area contributed by atoms with Crippen molar-refractivity contribution in [3.63, 3.8) is 0 Å². The van der Waals surface area contributed by atoms with E-state index in [4.69, 9.17) is 4.74 Å². The van der Waals surface area contributed by atoms with E-state index in [9.17, 15) is 13.2 Å². The molecule has 0 spiro atoms. The van der Waals surface area contributed by atoms with Crippen molar-refractivity contribution < 1.29 is 17.9 Å². The lowest BCUT2D eigenvalue weighted by Crippen LogP contribution is -2.32. The molecule has 0 radical (unpaired) electrons. The molecule has 6 nitrogen and oxygen atoms in total. The van der Waals surface area contributed by atoms with Gasteiger partial charge in [-0.15, -0.1) is 0 Å². The van der Waals surface area contributed by atoms with Crippen molar-refractivity contribution >= 4 is 15.9 Å². The maximum atomic E-state index is 12.2. The molecule has 0 fully saturated rings. The number of carbonyl (C=O) groups is 1. The van der Waals surface area contributed by atoms with Crippen molar-refractivity contribution in [1.82, 2.24) is 10.0 Å². The molecule has 0 heterocycles. The average Bonchev–Trinajstić information content (AvgIpc) is 2.64. The van der Waals surface area contributed by atoms with E-state index < -0.39 is 10.0 Å². The number of sulfonamides is 1. The zero-order chi connectivity index (χ0) is 19.9. The summed E-state index contributed by atoms with van der Waals surface area (Å²) in [5, 5.41) is 2.79. The minimum absolute atomic E-state index is 0.136. The standard InChI is InChI=1S/C20H26N2O4S/c1-4-16(3)22-27(24,25)19-10-8-18(9-11-19)26-14-20(23)21-13-17-7-5-6-15(2)12-17/h5-12,16,22H,4,13-14H2,1-3H3,(H,21,23)/t16-/m0/s1. The highest BCUT2D eigenvalue weighted by Gasteiger charge is 2.16. The summed E-state index contributed by atoms with van der Waals surface area (Å²) in [4.78, 5) is 12.1. The lowest BCUT2D eigenvalue weighted by atomic mass is 10.1. The summed E-state index contributed by atoms with van der Waals surface area (Å²) in [5.74, 6) is 0.190. The third kappa shape index (κ3) is 6.69. The van der Waals surface area contributed by atoms with Gasteiger partial charge in [-0.1, -0.05) is 36.8 Å². The molecular weight excluding hydrogens is 364 g/mol. The normalized spacial score (nSPS) is 12.4. The van der Waals surface area contributed by atoms with Crippen LogP contribution in [0.25, 0.3) is 0 Å². The molecule has 146 valence electrons. The van der Waals surface area contributed by atoms with E-state index in [1.165, 1.54) is 12.1 Å². The molecule has 2 aromatic rings. The summed E-state index contributed by atoms with van der Waals surface area (Å²) in [5.41, 5.74) is 2.16. The lowest BCUT2D eigenvalue weighted by Gasteiger charge is -2.12. The number of hydrogen-bond donors (Lipinski definition) is 2. The number of rotatable bonds is 9. The molecule has 7 heteroatoms. The smallest absolute Gasteiger partial charge is 0.258 e. The number of benzene rings is 2. The molecule has 0 aliphatic carbocycles. The fourth-order valence-corrected chi connectivity index (χ4v) is 3.68. The van der Waals surface area contributed by atoms with E-state index in [2.05, 4.69) is 10.0 Å². The zero-order valence-corrected chi connectivity index (χ0v) is 16.7. The number of ether oxygens (including phenoxy) is 1. The van der Waals surface area contributed by atoms with Crippen molar-refractivity contribution in [2.24, 2.45) is 0 Å². The van der Waals surface area contributed by atoms with Crippen LogP contribution in [0.15, 0.2) is 53.4 Å². The molecule has 2 rings (SSSR count). The Kier molecular flexibility index (Phi) is 7.38. The van der Waals surface area contributed by atoms with Crippen LogP contribution in [0, 0.1) is 6.92 Å². The van der Waals surface area contributed by atoms with Crippen LogP contribution >= 0.6 is 0 Å². The minimum Gasteiger partial charge on any atom is -0.484 e. The van der Waals surface area contributed by atoms with Gasteiger partial charge in [0, 0.05) is 12.6 Å². The molecule has 0 aliphatic rings. The van der Waals surface area contributed by atoms with Gasteiger partial charge in [-0.25, -0.2) is 13.1 Å². The summed E-state index contributed by atoms with van der Waals surface area (Å²) in [6, 6.07) is 13.8. The van der Waals surface area contributed by atoms with Crippen molar-refractivity contribution in [2.75, 3.05) is 6.61 Å². The maximum absolute atomic E-state index is 12.2. The van der Waals surface area contributed by atoms with E-state index in [-0.39, 0.29) is 23.5 Å². The number of nitrogens with one attached hydrogen (secondary N) is 2. The first-order valence-corrected chi connectivity index (χ1v) is 10.4. The van der Waals surface area contributed by atoms with Crippen molar-refractivity contribution in [3.8, 4) is 5.75 Å². The average molecular weight is 391 g/mol. The predicted molar refractivity (Wildman–Crippen MR) is 105 cm³/mol. The Hall–Kier alpha value is -2.38. The van der Waals surface area contributed by atoms with Gasteiger partial charge in [0.15, 0.2) is 6.61 Å². The first-order chi connectivity index (χ1) is 12.8. The zero-order valence-electron chi connectivity index (χ0n) is 15.9. The quantitative estimate of drug-likeness (QED) is 0.690. The molecular formula is C20H26N2O4S. The van der Waals surface area contributed by atoms with Gasteiger partial charge in [0.05, 0.1) is 4.90 Å². The van der Waals surface area contributed by atoms with Crippen molar-refractivity contribution in [1.29, 1.82) is 0 Å². The van der Waals surface area contributed by atoms with Crippen LogP contribution in [0.3, 0.4) is 0 Å². The number of carbonyl (C=O) groups excluding carboxylic acids is 1. The molecule has 2 aromatic carbocycles. The molecule has 0 saturated heterocycles. The summed E-state index contributed by atoms with van der Waals surface area (Å²) in [7, 11) is -3.55. The van der Waals surface area contributed by atoms with Crippen LogP contribution < -0.4 is 14.8 Å². The van der Waals surface area contributed by atoms with E-state index in [0.29, 0.717) is 18.7 Å². The molecule has 27 heavy (non-hydrogen) atoms. The Balaban J connectivity index is 1.84. The second-order valence-corrected chi connectivity index (χ2v) is 8.17. The second kappa shape index (κ2) is 9.53. The van der Waals surface area contributed by atoms with Gasteiger partial charge in [0.1, 0.15) is 5.75 Å². The highest BCUT2D eigenvalue weighted by molar-refractivity contribution is 7.89. The lowest BCUT2D eigenvalue weighted by molar-refractivity contribution is -0.123. The van der Waals surface area contributed by atoms with Crippen LogP contribution in [-0.4, -0.2) is 27.0 Å². The fraction of sp³-hybridized carbons (Fsp3) is 0.350. The van der Waals surface area contributed by atoms with Gasteiger partial charge in [0.25, 0.3) is 5.91 Å². The predicted octanol–water partition coefficient (Wildman–Crippen LogP) is 2.77. The molecule has 0 aromatic heterocycles. The van der Waals surface area contributed by atoms with Gasteiger partial charge in [-0.2, -0.15) is 0 Å². The Morgan fingerprint density at radius 1 is 1.15 bits per heavy atom. The maximum Gasteiger partial charge on any atom is 0.258 e. The number of amides is 1. The Morgan fingerprint density at radius 2 is 1.85 bits per heavy atom. The third-order valence-electron chi connectivity index (χ3n) is 4.04. The number of hydrogen-bond acceptors (Lipinski definition) is 4. The molecule has 1 amide bonds. The summed E-state index contributed by atoms with van der Waals surface area (Å²) in [6.07, 6.45) is 0.706. The van der Waals surface area contributed by atoms with E-state index in [1.807, 2.05) is 45.0 Å². The van der Waals surface area contributed by atoms with E-state index in [0.717, 1.165) is 11.1 Å². The molecule has 2 N–H and O–H groups in total. The summed E-state index contributed by atoms with van der Waals surface area (Å²) < 4.78 is 32.4. The SMILES string of the molecule is CC[C@H](C)NS(=O)(=O)c1ccc(OCC(=O)NCc2cccc(C)c2)cc1. The highest BCUT2D eigenvalue weighted by Crippen LogP contribution is 2.16. The first-order valence-electron chi connectivity index (χ1n) is 8.87. The van der Waals surface area contributed by atoms with E-state index >= 15 is 0 Å². The highest BCUT2D eigenvalue weighted by atomic mass is 32.2. The molecule has 1 atom stereocenters. The van der Waals surface area contributed by atoms with Crippen LogP contribution in [0.5, 0.6) is 5.75 Å². The molecule has 0 saturated carbocycles. The van der Waals surface area contributed by atoms with E-state index in [1.54, 1.807) is 12.1 Å².